The van der Waals surface area contributed by atoms with E-state index in [-0.39, 0.29) is 0 Å². The van der Waals surface area contributed by atoms with Crippen LogP contribution >= 0.6 is 0 Å². The number of hydrogen-bond acceptors (Lipinski definition) is 5. The second kappa shape index (κ2) is 9.68. The average Bonchev–Trinajstić information content (AvgIpc) is 2.67. The van der Waals surface area contributed by atoms with Gasteiger partial charge in [-0.2, -0.15) is 26.3 Å². The van der Waals surface area contributed by atoms with Gasteiger partial charge in [0.15, 0.2) is 0 Å². The van der Waals surface area contributed by atoms with Crippen molar-refractivity contribution in [3.63, 3.8) is 0 Å². The van der Waals surface area contributed by atoms with Crippen LogP contribution in [0.25, 0.3) is 0 Å². The Morgan fingerprint density at radius 2 is 0.971 bits per heavy atom. The second-order valence-electron chi connectivity index (χ2n) is 7.86. The summed E-state index contributed by atoms with van der Waals surface area (Å²) < 4.78 is 130. The quantitative estimate of drug-likeness (QED) is 0.477. The molecule has 0 aliphatic rings. The first-order valence-corrected chi connectivity index (χ1v) is 13.6. The molecular weight excluding hydrogens is 510 g/mol. The monoisotopic (exact) mass is 530 g/mol. The zero-order chi connectivity index (χ0) is 26.1. The van der Waals surface area contributed by atoms with Gasteiger partial charge in [-0.1, -0.05) is 36.4 Å². The molecule has 2 rings (SSSR count). The van der Waals surface area contributed by atoms with E-state index in [1.165, 1.54) is 0 Å². The van der Waals surface area contributed by atoms with Crippen LogP contribution in [0.4, 0.5) is 26.3 Å². The molecule has 0 aliphatic carbocycles. The number of ketones is 1. The van der Waals surface area contributed by atoms with E-state index >= 15 is 0 Å². The van der Waals surface area contributed by atoms with Crippen molar-refractivity contribution in [2.24, 2.45) is 0 Å². The van der Waals surface area contributed by atoms with Crippen molar-refractivity contribution in [2.45, 2.75) is 24.2 Å². The van der Waals surface area contributed by atoms with E-state index in [0.717, 1.165) is 36.4 Å². The van der Waals surface area contributed by atoms with E-state index in [0.29, 0.717) is 24.6 Å². The highest BCUT2D eigenvalue weighted by Crippen LogP contribution is 2.41. The number of Topliss-reactive ketones (excluding diaryl/α,β-unsaturated/α-hetero) is 1. The molecule has 2 aromatic rings. The fourth-order valence-corrected chi connectivity index (χ4v) is 5.52. The van der Waals surface area contributed by atoms with Crippen molar-refractivity contribution in [2.75, 3.05) is 24.0 Å². The van der Waals surface area contributed by atoms with Gasteiger partial charge in [-0.3, -0.25) is 4.79 Å². The third kappa shape index (κ3) is 7.29. The van der Waals surface area contributed by atoms with E-state index in [9.17, 15) is 48.0 Å². The van der Waals surface area contributed by atoms with Crippen molar-refractivity contribution in [1.82, 2.24) is 0 Å². The predicted molar refractivity (Wildman–Crippen MR) is 113 cm³/mol. The Kier molecular flexibility index (Phi) is 7.93. The van der Waals surface area contributed by atoms with E-state index in [2.05, 4.69) is 0 Å². The van der Waals surface area contributed by atoms with Gasteiger partial charge in [-0.15, -0.1) is 0 Å². The maximum atomic E-state index is 13.6. The lowest BCUT2D eigenvalue weighted by Crippen LogP contribution is -2.32. The van der Waals surface area contributed by atoms with Crippen molar-refractivity contribution >= 4 is 25.5 Å². The summed E-state index contributed by atoms with van der Waals surface area (Å²) in [5, 5.41) is 0. The number of rotatable bonds is 8. The highest BCUT2D eigenvalue weighted by atomic mass is 32.2. The fourth-order valence-electron chi connectivity index (χ4n) is 3.62. The number of benzene rings is 2. The first kappa shape index (κ1) is 27.8. The molecular formula is C21H20F6O5S2. The Balaban J connectivity index is 2.82. The molecule has 0 aliphatic heterocycles. The van der Waals surface area contributed by atoms with Gasteiger partial charge >= 0.3 is 12.4 Å². The van der Waals surface area contributed by atoms with Gasteiger partial charge in [0.05, 0.1) is 34.5 Å². The average molecular weight is 531 g/mol. The lowest BCUT2D eigenvalue weighted by molar-refractivity contribution is -0.139. The zero-order valence-electron chi connectivity index (χ0n) is 17.8. The second-order valence-corrected chi connectivity index (χ2v) is 12.2. The third-order valence-electron chi connectivity index (χ3n) is 4.91. The van der Waals surface area contributed by atoms with Gasteiger partial charge in [-0.05, 0) is 23.3 Å². The van der Waals surface area contributed by atoms with E-state index in [1.54, 1.807) is 0 Å². The van der Waals surface area contributed by atoms with Crippen molar-refractivity contribution < 1.29 is 48.0 Å². The largest absolute Gasteiger partial charge is 0.416 e. The zero-order valence-corrected chi connectivity index (χ0v) is 19.4. The van der Waals surface area contributed by atoms with Crippen LogP contribution in [-0.4, -0.2) is 46.6 Å². The molecule has 0 N–H and O–H groups in total. The molecule has 0 saturated carbocycles. The maximum Gasteiger partial charge on any atom is 0.416 e. The third-order valence-corrected chi connectivity index (χ3v) is 6.79. The number of hydrogen-bond donors (Lipinski definition) is 0. The predicted octanol–water partition coefficient (Wildman–Crippen LogP) is 4.25. The minimum Gasteiger partial charge on any atom is -0.298 e. The van der Waals surface area contributed by atoms with Crippen LogP contribution in [0.15, 0.2) is 48.5 Å². The van der Waals surface area contributed by atoms with Gasteiger partial charge in [0, 0.05) is 12.5 Å². The smallest absolute Gasteiger partial charge is 0.298 e. The Bertz CT molecular complexity index is 1170. The SMILES string of the molecule is CS(=O)(=O)CC(C(=O)C(CS(C)(=O)=O)c1ccccc1C(F)(F)F)c1ccccc1C(F)(F)F. The number of carbonyl (C=O) groups excluding carboxylic acids is 1. The van der Waals surface area contributed by atoms with Gasteiger partial charge in [-0.25, -0.2) is 16.8 Å². The van der Waals surface area contributed by atoms with E-state index in [4.69, 9.17) is 0 Å². The molecule has 2 aromatic carbocycles. The Morgan fingerprint density at radius 1 is 0.676 bits per heavy atom. The molecule has 0 bridgehead atoms. The van der Waals surface area contributed by atoms with Crippen LogP contribution in [0.2, 0.25) is 0 Å². The van der Waals surface area contributed by atoms with Crippen LogP contribution in [0.3, 0.4) is 0 Å². The molecule has 0 radical (unpaired) electrons. The normalized spacial score (nSPS) is 15.1. The summed E-state index contributed by atoms with van der Waals surface area (Å²) in [7, 11) is -8.27. The van der Waals surface area contributed by atoms with Gasteiger partial charge in [0.2, 0.25) is 0 Å². The first-order valence-electron chi connectivity index (χ1n) is 9.52. The molecule has 2 unspecified atom stereocenters. The Hall–Kier alpha value is -2.41. The van der Waals surface area contributed by atoms with Gasteiger partial charge < -0.3 is 0 Å². The molecule has 2 atom stereocenters. The molecule has 34 heavy (non-hydrogen) atoms. The first-order chi connectivity index (χ1) is 15.3. The van der Waals surface area contributed by atoms with Gasteiger partial charge in [0.1, 0.15) is 25.5 Å². The minimum absolute atomic E-state index is 0.604. The highest BCUT2D eigenvalue weighted by Gasteiger charge is 2.43. The lowest BCUT2D eigenvalue weighted by atomic mass is 9.82. The van der Waals surface area contributed by atoms with Crippen molar-refractivity contribution in [3.8, 4) is 0 Å². The summed E-state index contributed by atoms with van der Waals surface area (Å²) in [6.07, 6.45) is -8.72. The van der Waals surface area contributed by atoms with Gasteiger partial charge in [0.25, 0.3) is 0 Å². The standard InChI is InChI=1S/C21H20F6O5S2/c1-33(29,30)11-15(13-7-3-5-9-17(13)20(22,23)24)19(28)16(12-34(2,31)32)14-8-4-6-10-18(14)21(25,26)27/h3-10,15-16H,11-12H2,1-2H3. The molecule has 0 heterocycles. The van der Waals surface area contributed by atoms with E-state index < -0.39 is 83.4 Å². The summed E-state index contributed by atoms with van der Waals surface area (Å²) in [6.45, 7) is 0. The topological polar surface area (TPSA) is 85.3 Å². The summed E-state index contributed by atoms with van der Waals surface area (Å²) in [6, 6.07) is 7.14. The highest BCUT2D eigenvalue weighted by molar-refractivity contribution is 7.91. The van der Waals surface area contributed by atoms with Crippen LogP contribution in [0.5, 0.6) is 0 Å². The van der Waals surface area contributed by atoms with Crippen LogP contribution in [-0.2, 0) is 36.8 Å². The van der Waals surface area contributed by atoms with Crippen molar-refractivity contribution in [1.29, 1.82) is 0 Å². The van der Waals surface area contributed by atoms with Crippen LogP contribution in [0, 0.1) is 0 Å². The van der Waals surface area contributed by atoms with Crippen LogP contribution < -0.4 is 0 Å². The summed E-state index contributed by atoms with van der Waals surface area (Å²) in [5.74, 6) is -7.84. The number of halogens is 6. The number of alkyl halides is 6. The Labute approximate surface area is 192 Å². The molecule has 13 heteroatoms. The minimum atomic E-state index is -5.01. The number of carbonyl (C=O) groups is 1. The molecule has 0 amide bonds. The summed E-state index contributed by atoms with van der Waals surface area (Å²) >= 11 is 0. The fraction of sp³-hybridized carbons (Fsp3) is 0.381. The number of sulfone groups is 2. The van der Waals surface area contributed by atoms with Crippen molar-refractivity contribution in [3.05, 3.63) is 70.8 Å². The summed E-state index contributed by atoms with van der Waals surface area (Å²) in [5.41, 5.74) is -4.24. The van der Waals surface area contributed by atoms with E-state index in [1.807, 2.05) is 0 Å². The van der Waals surface area contributed by atoms with Crippen LogP contribution in [0.1, 0.15) is 34.1 Å². The molecule has 0 spiro atoms. The molecule has 0 saturated heterocycles. The Morgan fingerprint density at radius 3 is 1.24 bits per heavy atom. The molecule has 0 fully saturated rings. The maximum absolute atomic E-state index is 13.6. The summed E-state index contributed by atoms with van der Waals surface area (Å²) in [4.78, 5) is 13.5. The molecule has 5 nitrogen and oxygen atoms in total. The molecule has 188 valence electrons. The molecule has 0 aromatic heterocycles. The lowest BCUT2D eigenvalue weighted by Gasteiger charge is -2.26.